The fourth-order valence-electron chi connectivity index (χ4n) is 0.792. The summed E-state index contributed by atoms with van der Waals surface area (Å²) in [4.78, 5) is 29.5. The third-order valence-corrected chi connectivity index (χ3v) is 2.30. The van der Waals surface area contributed by atoms with Crippen molar-refractivity contribution in [1.82, 2.24) is 4.98 Å². The maximum absolute atomic E-state index is 10.7. The van der Waals surface area contributed by atoms with Crippen LogP contribution >= 0.6 is 11.3 Å². The Morgan fingerprint density at radius 3 is 2.94 bits per heavy atom. The van der Waals surface area contributed by atoms with Crippen LogP contribution in [0.1, 0.15) is 5.69 Å². The molecule has 1 unspecified atom stereocenters. The van der Waals surface area contributed by atoms with Gasteiger partial charge < -0.3 is 21.4 Å². The Morgan fingerprint density at radius 2 is 2.47 bits per heavy atom. The molecular formula is C8H10N4O4S. The standard InChI is InChI=1S/C8H10N4O4S/c9-4(7(14)15)2-16-12-5(1-13)6-3-17-8(10)11-6/h1,3-4H,2,9H2,(H2,10,11)(H,14,15)/b12-5-. The van der Waals surface area contributed by atoms with Gasteiger partial charge in [-0.05, 0) is 0 Å². The van der Waals surface area contributed by atoms with E-state index < -0.39 is 12.0 Å². The number of carboxylic acid groups (broad SMARTS) is 1. The minimum Gasteiger partial charge on any atom is -0.480 e. The van der Waals surface area contributed by atoms with Crippen LogP contribution in [0.25, 0.3) is 0 Å². The van der Waals surface area contributed by atoms with Crippen molar-refractivity contribution < 1.29 is 19.5 Å². The summed E-state index contributed by atoms with van der Waals surface area (Å²) >= 11 is 1.15. The second-order valence-corrected chi connectivity index (χ2v) is 3.80. The molecule has 17 heavy (non-hydrogen) atoms. The zero-order chi connectivity index (χ0) is 12.8. The van der Waals surface area contributed by atoms with Crippen molar-refractivity contribution in [2.24, 2.45) is 10.9 Å². The number of hydrogen-bond acceptors (Lipinski definition) is 8. The van der Waals surface area contributed by atoms with Gasteiger partial charge in [-0.3, -0.25) is 9.59 Å². The van der Waals surface area contributed by atoms with E-state index >= 15 is 0 Å². The number of aldehydes is 1. The van der Waals surface area contributed by atoms with Crippen LogP contribution in [0.5, 0.6) is 0 Å². The summed E-state index contributed by atoms with van der Waals surface area (Å²) in [6.45, 7) is -0.341. The molecule has 0 radical (unpaired) electrons. The molecule has 0 aliphatic carbocycles. The van der Waals surface area contributed by atoms with E-state index in [4.69, 9.17) is 16.6 Å². The molecule has 0 aliphatic heterocycles. The van der Waals surface area contributed by atoms with Gasteiger partial charge in [-0.1, -0.05) is 5.16 Å². The Bertz CT molecular complexity index is 444. The van der Waals surface area contributed by atoms with Crippen LogP contribution in [-0.2, 0) is 14.4 Å². The Kier molecular flexibility index (Phi) is 4.55. The molecule has 0 bridgehead atoms. The van der Waals surface area contributed by atoms with Gasteiger partial charge in [0.15, 0.2) is 17.1 Å². The topological polar surface area (TPSA) is 141 Å². The second kappa shape index (κ2) is 5.92. The minimum atomic E-state index is -1.22. The number of nitrogen functional groups attached to an aromatic ring is 1. The highest BCUT2D eigenvalue weighted by Crippen LogP contribution is 2.11. The maximum atomic E-state index is 10.7. The first-order valence-electron chi connectivity index (χ1n) is 4.39. The molecule has 0 spiro atoms. The third kappa shape index (κ3) is 3.81. The summed E-state index contributed by atoms with van der Waals surface area (Å²) in [5.74, 6) is -1.22. The van der Waals surface area contributed by atoms with Crippen molar-refractivity contribution >= 4 is 34.4 Å². The number of nitrogens with zero attached hydrogens (tertiary/aromatic N) is 2. The van der Waals surface area contributed by atoms with Gasteiger partial charge >= 0.3 is 5.97 Å². The summed E-state index contributed by atoms with van der Waals surface area (Å²) < 4.78 is 0. The van der Waals surface area contributed by atoms with Gasteiger partial charge in [-0.2, -0.15) is 0 Å². The van der Waals surface area contributed by atoms with Gasteiger partial charge in [0.25, 0.3) is 0 Å². The summed E-state index contributed by atoms with van der Waals surface area (Å²) in [6.07, 6.45) is 0.431. The fourth-order valence-corrected chi connectivity index (χ4v) is 1.35. The van der Waals surface area contributed by atoms with Crippen LogP contribution in [0.2, 0.25) is 0 Å². The molecule has 1 heterocycles. The number of oxime groups is 1. The molecular weight excluding hydrogens is 248 g/mol. The molecule has 1 aromatic heterocycles. The Balaban J connectivity index is 2.62. The number of thiazole rings is 1. The van der Waals surface area contributed by atoms with Crippen molar-refractivity contribution in [2.75, 3.05) is 12.3 Å². The van der Waals surface area contributed by atoms with Crippen LogP contribution in [0.3, 0.4) is 0 Å². The average Bonchev–Trinajstić information content (AvgIpc) is 2.70. The quantitative estimate of drug-likeness (QED) is 0.339. The van der Waals surface area contributed by atoms with Gasteiger partial charge in [0.2, 0.25) is 0 Å². The van der Waals surface area contributed by atoms with Crippen molar-refractivity contribution in [3.05, 3.63) is 11.1 Å². The Hall–Kier alpha value is -2.00. The van der Waals surface area contributed by atoms with Gasteiger partial charge in [-0.15, -0.1) is 11.3 Å². The van der Waals surface area contributed by atoms with Gasteiger partial charge in [-0.25, -0.2) is 4.98 Å². The molecule has 0 amide bonds. The summed E-state index contributed by atoms with van der Waals surface area (Å²) in [7, 11) is 0. The molecule has 9 heteroatoms. The molecule has 92 valence electrons. The third-order valence-electron chi connectivity index (χ3n) is 1.63. The normalized spacial score (nSPS) is 13.1. The van der Waals surface area contributed by atoms with Gasteiger partial charge in [0.1, 0.15) is 18.3 Å². The van der Waals surface area contributed by atoms with E-state index in [1.807, 2.05) is 0 Å². The highest BCUT2D eigenvalue weighted by atomic mass is 32.1. The first-order valence-corrected chi connectivity index (χ1v) is 5.27. The minimum absolute atomic E-state index is 0.0736. The lowest BCUT2D eigenvalue weighted by Crippen LogP contribution is -2.34. The number of rotatable bonds is 6. The molecule has 1 atom stereocenters. The van der Waals surface area contributed by atoms with E-state index in [0.717, 1.165) is 11.3 Å². The summed E-state index contributed by atoms with van der Waals surface area (Å²) in [5, 5.41) is 13.7. The molecule has 0 fully saturated rings. The number of carboxylic acids is 1. The largest absolute Gasteiger partial charge is 0.480 e. The number of carbonyl (C=O) groups is 2. The number of aromatic nitrogens is 1. The predicted octanol–water partition coefficient (Wildman–Crippen LogP) is -0.943. The molecule has 8 nitrogen and oxygen atoms in total. The predicted molar refractivity (Wildman–Crippen MR) is 60.7 cm³/mol. The second-order valence-electron chi connectivity index (χ2n) is 2.91. The lowest BCUT2D eigenvalue weighted by Gasteiger charge is -2.03. The molecule has 0 saturated heterocycles. The lowest BCUT2D eigenvalue weighted by atomic mass is 10.3. The van der Waals surface area contributed by atoms with Gasteiger partial charge in [0.05, 0.1) is 0 Å². The molecule has 5 N–H and O–H groups in total. The molecule has 1 rings (SSSR count). The average molecular weight is 258 g/mol. The van der Waals surface area contributed by atoms with Crippen molar-refractivity contribution in [3.63, 3.8) is 0 Å². The number of nitrogens with two attached hydrogens (primary N) is 2. The van der Waals surface area contributed by atoms with E-state index in [1.165, 1.54) is 5.38 Å². The van der Waals surface area contributed by atoms with Crippen LogP contribution in [0.4, 0.5) is 5.13 Å². The molecule has 0 saturated carbocycles. The van der Waals surface area contributed by atoms with E-state index in [0.29, 0.717) is 6.29 Å². The van der Waals surface area contributed by atoms with E-state index in [2.05, 4.69) is 15.0 Å². The van der Waals surface area contributed by atoms with Crippen LogP contribution in [0.15, 0.2) is 10.5 Å². The van der Waals surface area contributed by atoms with E-state index in [1.54, 1.807) is 0 Å². The Morgan fingerprint density at radius 1 is 1.76 bits per heavy atom. The summed E-state index contributed by atoms with van der Waals surface area (Å²) in [6, 6.07) is -1.20. The molecule has 1 aromatic rings. The highest BCUT2D eigenvalue weighted by Gasteiger charge is 2.12. The fraction of sp³-hybridized carbons (Fsp3) is 0.250. The summed E-state index contributed by atoms with van der Waals surface area (Å²) in [5.41, 5.74) is 10.8. The highest BCUT2D eigenvalue weighted by molar-refractivity contribution is 7.13. The lowest BCUT2D eigenvalue weighted by molar-refractivity contribution is -0.140. The molecule has 0 aromatic carbocycles. The number of carbonyl (C=O) groups excluding carboxylic acids is 1. The van der Waals surface area contributed by atoms with Crippen molar-refractivity contribution in [2.45, 2.75) is 6.04 Å². The number of aliphatic carboxylic acids is 1. The zero-order valence-corrected chi connectivity index (χ0v) is 9.38. The first-order chi connectivity index (χ1) is 8.04. The first kappa shape index (κ1) is 13.1. The van der Waals surface area contributed by atoms with Crippen molar-refractivity contribution in [3.8, 4) is 0 Å². The van der Waals surface area contributed by atoms with Gasteiger partial charge in [0, 0.05) is 5.38 Å². The number of hydrogen-bond donors (Lipinski definition) is 3. The van der Waals surface area contributed by atoms with E-state index in [9.17, 15) is 9.59 Å². The SMILES string of the molecule is Nc1nc(/C(C=O)=N\OCC(N)C(=O)O)cs1. The maximum Gasteiger partial charge on any atom is 0.324 e. The van der Waals surface area contributed by atoms with Crippen molar-refractivity contribution in [1.29, 1.82) is 0 Å². The monoisotopic (exact) mass is 258 g/mol. The zero-order valence-electron chi connectivity index (χ0n) is 8.57. The van der Waals surface area contributed by atoms with Crippen LogP contribution in [0, 0.1) is 0 Å². The smallest absolute Gasteiger partial charge is 0.324 e. The Labute approximate surface area is 99.9 Å². The van der Waals surface area contributed by atoms with Crippen LogP contribution in [-0.4, -0.2) is 40.7 Å². The molecule has 0 aliphatic rings. The number of anilines is 1. The van der Waals surface area contributed by atoms with Crippen LogP contribution < -0.4 is 11.5 Å². The van der Waals surface area contributed by atoms with E-state index in [-0.39, 0.29) is 23.1 Å².